The van der Waals surface area contributed by atoms with Gasteiger partial charge in [0.1, 0.15) is 36.3 Å². The fraction of sp³-hybridized carbons (Fsp3) is 0.727. The van der Waals surface area contributed by atoms with Crippen LogP contribution >= 0.6 is 0 Å². The number of hydrogen-bond donors (Lipinski definition) is 9. The lowest BCUT2D eigenvalue weighted by atomic mass is 9.88. The molecule has 0 aliphatic carbocycles. The number of aliphatic hydroxyl groups is 6. The topological polar surface area (TPSA) is 276 Å². The Balaban J connectivity index is 1.67. The number of hydrogen-bond acceptors (Lipinski definition) is 14. The molecule has 3 heterocycles. The van der Waals surface area contributed by atoms with Crippen LogP contribution < -0.4 is 16.7 Å². The van der Waals surface area contributed by atoms with Crippen molar-refractivity contribution in [1.82, 2.24) is 14.9 Å². The predicted molar refractivity (Wildman–Crippen MR) is 127 cm³/mol. The van der Waals surface area contributed by atoms with Crippen molar-refractivity contribution in [2.75, 3.05) is 18.9 Å². The van der Waals surface area contributed by atoms with Crippen LogP contribution in [0.4, 0.5) is 5.82 Å². The molecule has 17 heteroatoms. The highest BCUT2D eigenvalue weighted by molar-refractivity contribution is 5.76. The van der Waals surface area contributed by atoms with Crippen LogP contribution in [-0.2, 0) is 23.8 Å². The Bertz CT molecular complexity index is 1070. The summed E-state index contributed by atoms with van der Waals surface area (Å²) in [4.78, 5) is 39.4. The first-order valence-corrected chi connectivity index (χ1v) is 12.1. The van der Waals surface area contributed by atoms with Gasteiger partial charge in [-0.2, -0.15) is 4.98 Å². The normalized spacial score (nSPS) is 34.4. The molecule has 1 amide bonds. The highest BCUT2D eigenvalue weighted by atomic mass is 16.7. The number of ether oxygens (including phenoxy) is 3. The third-order valence-corrected chi connectivity index (χ3v) is 6.62. The zero-order valence-electron chi connectivity index (χ0n) is 20.9. The standard InChI is InChI=1S/C22H34N4O13/c1-9(28)24-14-10(29)7-22(20(34)35,39-18(14)15(31)11(30)8-27)37-6-2-3-12-16(32)17(33)19(38-12)26-5-4-13(23)25-21(26)36/h4-5,10-12,14-19,27,29-33H,2-3,6-8H2,1H3,(H,24,28)(H,34,35)(H2,23,25,36)/t10-,11+,12+,14+,15+,16-,17?,18?,19+,22-/m0/s1. The Morgan fingerprint density at radius 2 is 2.00 bits per heavy atom. The molecule has 10 N–H and O–H groups in total. The summed E-state index contributed by atoms with van der Waals surface area (Å²) in [6, 6.07) is -0.0173. The molecule has 2 saturated heterocycles. The smallest absolute Gasteiger partial charge is 0.364 e. The van der Waals surface area contributed by atoms with Gasteiger partial charge in [0.25, 0.3) is 5.79 Å². The zero-order chi connectivity index (χ0) is 29.1. The lowest BCUT2D eigenvalue weighted by Crippen LogP contribution is -2.67. The largest absolute Gasteiger partial charge is 0.477 e. The molecular weight excluding hydrogens is 528 g/mol. The molecule has 2 fully saturated rings. The van der Waals surface area contributed by atoms with E-state index in [1.807, 2.05) is 0 Å². The SMILES string of the molecule is CC(=O)N[C@H]1C([C@H](O)[C@H](O)CO)O[C@](OCCC[C@H]2O[C@@H](n3ccc(N)nc3=O)C(O)[C@H]2O)(C(=O)O)C[C@@H]1O. The molecule has 0 aromatic carbocycles. The number of carboxylic acid groups (broad SMARTS) is 1. The third kappa shape index (κ3) is 6.71. The van der Waals surface area contributed by atoms with Crippen LogP contribution in [0.25, 0.3) is 0 Å². The molecule has 2 aliphatic rings. The molecule has 39 heavy (non-hydrogen) atoms. The maximum atomic E-state index is 12.2. The minimum Gasteiger partial charge on any atom is -0.477 e. The molecule has 0 spiro atoms. The number of nitrogens with zero attached hydrogens (tertiary/aromatic N) is 2. The summed E-state index contributed by atoms with van der Waals surface area (Å²) in [6.45, 7) is -0.124. The van der Waals surface area contributed by atoms with Gasteiger partial charge >= 0.3 is 11.7 Å². The minimum absolute atomic E-state index is 0.0356. The van der Waals surface area contributed by atoms with Gasteiger partial charge in [0, 0.05) is 19.5 Å². The zero-order valence-corrected chi connectivity index (χ0v) is 20.9. The van der Waals surface area contributed by atoms with Gasteiger partial charge in [0.15, 0.2) is 6.23 Å². The van der Waals surface area contributed by atoms with E-state index < -0.39 is 91.4 Å². The first-order chi connectivity index (χ1) is 18.3. The lowest BCUT2D eigenvalue weighted by Gasteiger charge is -2.46. The minimum atomic E-state index is -2.50. The first-order valence-electron chi connectivity index (χ1n) is 12.1. The molecule has 17 nitrogen and oxygen atoms in total. The van der Waals surface area contributed by atoms with Crippen LogP contribution in [0.5, 0.6) is 0 Å². The van der Waals surface area contributed by atoms with Gasteiger partial charge in [0.2, 0.25) is 5.91 Å². The molecule has 3 rings (SSSR count). The molecule has 10 atom stereocenters. The van der Waals surface area contributed by atoms with E-state index in [4.69, 9.17) is 19.9 Å². The van der Waals surface area contributed by atoms with Crippen LogP contribution in [0.3, 0.4) is 0 Å². The Labute approximate surface area is 221 Å². The summed E-state index contributed by atoms with van der Waals surface area (Å²) in [5, 5.41) is 73.1. The fourth-order valence-corrected chi connectivity index (χ4v) is 4.62. The maximum Gasteiger partial charge on any atom is 0.364 e. The van der Waals surface area contributed by atoms with Gasteiger partial charge in [-0.3, -0.25) is 9.36 Å². The monoisotopic (exact) mass is 562 g/mol. The number of nitrogens with one attached hydrogen (secondary N) is 1. The number of carbonyl (C=O) groups excluding carboxylic acids is 1. The summed E-state index contributed by atoms with van der Waals surface area (Å²) in [7, 11) is 0. The van der Waals surface area contributed by atoms with Gasteiger partial charge in [-0.1, -0.05) is 0 Å². The van der Waals surface area contributed by atoms with Crippen molar-refractivity contribution in [3.05, 3.63) is 22.7 Å². The fourth-order valence-electron chi connectivity index (χ4n) is 4.62. The second-order valence-corrected chi connectivity index (χ2v) is 9.46. The van der Waals surface area contributed by atoms with Gasteiger partial charge in [-0.05, 0) is 18.9 Å². The average Bonchev–Trinajstić information content (AvgIpc) is 3.15. The summed E-state index contributed by atoms with van der Waals surface area (Å²) in [5.74, 6) is -4.84. The molecule has 2 unspecified atom stereocenters. The second kappa shape index (κ2) is 12.6. The number of aliphatic hydroxyl groups excluding tert-OH is 6. The van der Waals surface area contributed by atoms with Crippen LogP contribution in [0, 0.1) is 0 Å². The molecule has 0 radical (unpaired) electrons. The Kier molecular flexibility index (Phi) is 9.97. The molecule has 1 aromatic heterocycles. The van der Waals surface area contributed by atoms with Crippen molar-refractivity contribution in [3.8, 4) is 0 Å². The van der Waals surface area contributed by atoms with E-state index >= 15 is 0 Å². The van der Waals surface area contributed by atoms with Crippen LogP contribution in [-0.4, -0.2) is 125 Å². The maximum absolute atomic E-state index is 12.2. The number of carboxylic acids is 1. The predicted octanol–water partition coefficient (Wildman–Crippen LogP) is -4.61. The summed E-state index contributed by atoms with van der Waals surface area (Å²) in [6.07, 6.45) is -11.4. The number of aliphatic carboxylic acids is 1. The summed E-state index contributed by atoms with van der Waals surface area (Å²) in [5.41, 5.74) is 4.66. The van der Waals surface area contributed by atoms with Crippen LogP contribution in [0.1, 0.15) is 32.4 Å². The van der Waals surface area contributed by atoms with Gasteiger partial charge in [0.05, 0.1) is 31.5 Å². The van der Waals surface area contributed by atoms with E-state index in [9.17, 15) is 50.1 Å². The Morgan fingerprint density at radius 1 is 1.31 bits per heavy atom. The lowest BCUT2D eigenvalue weighted by molar-refractivity contribution is -0.311. The number of carbonyl (C=O) groups is 2. The summed E-state index contributed by atoms with van der Waals surface area (Å²) >= 11 is 0. The van der Waals surface area contributed by atoms with Crippen LogP contribution in [0.2, 0.25) is 0 Å². The quantitative estimate of drug-likeness (QED) is 0.115. The van der Waals surface area contributed by atoms with E-state index in [0.717, 1.165) is 11.5 Å². The molecule has 220 valence electrons. The Hall–Kier alpha value is -2.74. The highest BCUT2D eigenvalue weighted by Gasteiger charge is 2.55. The molecule has 0 bridgehead atoms. The van der Waals surface area contributed by atoms with E-state index in [-0.39, 0.29) is 25.3 Å². The molecular formula is C22H34N4O13. The molecule has 2 aliphatic heterocycles. The highest BCUT2D eigenvalue weighted by Crippen LogP contribution is 2.35. The van der Waals surface area contributed by atoms with Crippen molar-refractivity contribution in [3.63, 3.8) is 0 Å². The number of nitrogen functional groups attached to an aromatic ring is 1. The van der Waals surface area contributed by atoms with E-state index in [1.54, 1.807) is 0 Å². The number of anilines is 1. The van der Waals surface area contributed by atoms with Crippen LogP contribution in [0.15, 0.2) is 17.1 Å². The van der Waals surface area contributed by atoms with Gasteiger partial charge in [-0.25, -0.2) is 9.59 Å². The average molecular weight is 563 g/mol. The molecule has 1 aromatic rings. The number of nitrogens with two attached hydrogens (primary N) is 1. The Morgan fingerprint density at radius 3 is 2.59 bits per heavy atom. The first kappa shape index (κ1) is 30.8. The van der Waals surface area contributed by atoms with E-state index in [2.05, 4.69) is 10.3 Å². The van der Waals surface area contributed by atoms with Gasteiger partial charge < -0.3 is 61.0 Å². The van der Waals surface area contributed by atoms with Crippen molar-refractivity contribution in [2.45, 2.75) is 87.0 Å². The van der Waals surface area contributed by atoms with Gasteiger partial charge in [-0.15, -0.1) is 0 Å². The van der Waals surface area contributed by atoms with Crippen molar-refractivity contribution < 1.29 is 59.5 Å². The number of aromatic nitrogens is 2. The third-order valence-electron chi connectivity index (χ3n) is 6.62. The number of rotatable bonds is 11. The summed E-state index contributed by atoms with van der Waals surface area (Å²) < 4.78 is 17.6. The van der Waals surface area contributed by atoms with E-state index in [0.29, 0.717) is 0 Å². The van der Waals surface area contributed by atoms with E-state index in [1.165, 1.54) is 12.3 Å². The van der Waals surface area contributed by atoms with Crippen molar-refractivity contribution in [1.29, 1.82) is 0 Å². The second-order valence-electron chi connectivity index (χ2n) is 9.46. The molecule has 0 saturated carbocycles. The van der Waals surface area contributed by atoms with Crippen molar-refractivity contribution in [2.24, 2.45) is 0 Å². The van der Waals surface area contributed by atoms with Crippen molar-refractivity contribution >= 4 is 17.7 Å². The number of amides is 1.